The molecule has 106 valence electrons. The van der Waals surface area contributed by atoms with Crippen LogP contribution in [0.15, 0.2) is 40.9 Å². The Kier molecular flexibility index (Phi) is 5.10. The van der Waals surface area contributed by atoms with Crippen LogP contribution in [0.25, 0.3) is 0 Å². The van der Waals surface area contributed by atoms with Crippen molar-refractivity contribution in [3.05, 3.63) is 68.7 Å². The summed E-state index contributed by atoms with van der Waals surface area (Å²) in [5.74, 6) is 4.25. The van der Waals surface area contributed by atoms with Gasteiger partial charge in [0.1, 0.15) is 11.6 Å². The fourth-order valence-corrected chi connectivity index (χ4v) is 2.62. The lowest BCUT2D eigenvalue weighted by molar-refractivity contribution is 0.498. The van der Waals surface area contributed by atoms with Gasteiger partial charge in [-0.1, -0.05) is 29.8 Å². The summed E-state index contributed by atoms with van der Waals surface area (Å²) in [6, 6.07) is 9.09. The molecule has 20 heavy (non-hydrogen) atoms. The largest absolute Gasteiger partial charge is 0.271 e. The van der Waals surface area contributed by atoms with Gasteiger partial charge in [-0.2, -0.15) is 0 Å². The minimum atomic E-state index is -0.627. The highest BCUT2D eigenvalue weighted by atomic mass is 79.9. The van der Waals surface area contributed by atoms with Crippen LogP contribution >= 0.6 is 27.5 Å². The summed E-state index contributed by atoms with van der Waals surface area (Å²) < 4.78 is 28.0. The van der Waals surface area contributed by atoms with Crippen molar-refractivity contribution < 1.29 is 8.78 Å². The summed E-state index contributed by atoms with van der Waals surface area (Å²) in [5.41, 5.74) is 3.20. The molecule has 0 aromatic heterocycles. The fraction of sp³-hybridized carbons (Fsp3) is 0.143. The monoisotopic (exact) mass is 360 g/mol. The lowest BCUT2D eigenvalue weighted by Crippen LogP contribution is -2.30. The SMILES string of the molecule is NNC(Cc1c(F)ccc(Br)c1F)c1ccccc1Cl. The van der Waals surface area contributed by atoms with Gasteiger partial charge in [-0.15, -0.1) is 0 Å². The van der Waals surface area contributed by atoms with Crippen molar-refractivity contribution in [2.75, 3.05) is 0 Å². The van der Waals surface area contributed by atoms with Crippen LogP contribution in [0, 0.1) is 11.6 Å². The van der Waals surface area contributed by atoms with Crippen molar-refractivity contribution in [1.82, 2.24) is 5.43 Å². The molecular formula is C14H12BrClF2N2. The van der Waals surface area contributed by atoms with E-state index in [-0.39, 0.29) is 16.5 Å². The molecule has 1 atom stereocenters. The van der Waals surface area contributed by atoms with E-state index in [1.807, 2.05) is 0 Å². The van der Waals surface area contributed by atoms with Crippen molar-refractivity contribution in [3.63, 3.8) is 0 Å². The zero-order chi connectivity index (χ0) is 14.7. The topological polar surface area (TPSA) is 38.0 Å². The normalized spacial score (nSPS) is 12.4. The third kappa shape index (κ3) is 3.17. The Morgan fingerprint density at radius 3 is 2.55 bits per heavy atom. The maximum atomic E-state index is 14.0. The van der Waals surface area contributed by atoms with Gasteiger partial charge >= 0.3 is 0 Å². The number of nitrogens with two attached hydrogens (primary N) is 1. The van der Waals surface area contributed by atoms with E-state index in [0.717, 1.165) is 0 Å². The van der Waals surface area contributed by atoms with E-state index in [1.54, 1.807) is 24.3 Å². The molecule has 0 saturated heterocycles. The van der Waals surface area contributed by atoms with Crippen LogP contribution in [0.3, 0.4) is 0 Å². The summed E-state index contributed by atoms with van der Waals surface area (Å²) in [5, 5.41) is 0.492. The first kappa shape index (κ1) is 15.4. The van der Waals surface area contributed by atoms with Gasteiger partial charge < -0.3 is 0 Å². The molecule has 0 bridgehead atoms. The number of hydrogen-bond acceptors (Lipinski definition) is 2. The molecule has 0 spiro atoms. The molecule has 0 amide bonds. The molecule has 0 radical (unpaired) electrons. The Morgan fingerprint density at radius 2 is 1.90 bits per heavy atom. The molecule has 0 aliphatic carbocycles. The van der Waals surface area contributed by atoms with Crippen molar-refractivity contribution >= 4 is 27.5 Å². The minimum Gasteiger partial charge on any atom is -0.271 e. The Bertz CT molecular complexity index is 622. The van der Waals surface area contributed by atoms with Gasteiger partial charge in [0, 0.05) is 10.6 Å². The van der Waals surface area contributed by atoms with Gasteiger partial charge in [-0.25, -0.2) is 8.78 Å². The second-order valence-electron chi connectivity index (χ2n) is 4.27. The molecule has 2 rings (SSSR count). The molecule has 2 nitrogen and oxygen atoms in total. The Hall–Kier alpha value is -1.01. The summed E-state index contributed by atoms with van der Waals surface area (Å²) in [6.07, 6.45) is 0.0529. The van der Waals surface area contributed by atoms with E-state index in [1.165, 1.54) is 12.1 Å². The average Bonchev–Trinajstić information content (AvgIpc) is 2.45. The van der Waals surface area contributed by atoms with Gasteiger partial charge in [0.2, 0.25) is 0 Å². The van der Waals surface area contributed by atoms with Crippen LogP contribution in [-0.2, 0) is 6.42 Å². The van der Waals surface area contributed by atoms with Gasteiger partial charge in [0.15, 0.2) is 0 Å². The first-order valence-electron chi connectivity index (χ1n) is 5.87. The summed E-state index contributed by atoms with van der Waals surface area (Å²) in [7, 11) is 0. The molecule has 2 aromatic carbocycles. The maximum Gasteiger partial charge on any atom is 0.143 e. The summed E-state index contributed by atoms with van der Waals surface area (Å²) in [4.78, 5) is 0. The summed E-state index contributed by atoms with van der Waals surface area (Å²) >= 11 is 9.13. The molecule has 3 N–H and O–H groups in total. The van der Waals surface area contributed by atoms with Crippen LogP contribution in [0.1, 0.15) is 17.2 Å². The fourth-order valence-electron chi connectivity index (χ4n) is 1.98. The quantitative estimate of drug-likeness (QED) is 0.488. The molecule has 0 heterocycles. The first-order chi connectivity index (χ1) is 9.54. The lowest BCUT2D eigenvalue weighted by Gasteiger charge is -2.18. The van der Waals surface area contributed by atoms with Crippen molar-refractivity contribution in [2.45, 2.75) is 12.5 Å². The number of nitrogens with one attached hydrogen (secondary N) is 1. The molecule has 6 heteroatoms. The van der Waals surface area contributed by atoms with Crippen LogP contribution < -0.4 is 11.3 Å². The highest BCUT2D eigenvalue weighted by Gasteiger charge is 2.19. The Labute approximate surface area is 129 Å². The van der Waals surface area contributed by atoms with Crippen molar-refractivity contribution in [2.24, 2.45) is 5.84 Å². The van der Waals surface area contributed by atoms with Crippen LogP contribution in [-0.4, -0.2) is 0 Å². The van der Waals surface area contributed by atoms with Gasteiger partial charge in [-0.05, 0) is 46.1 Å². The molecule has 0 aliphatic heterocycles. The Morgan fingerprint density at radius 1 is 1.20 bits per heavy atom. The maximum absolute atomic E-state index is 14.0. The molecule has 1 unspecified atom stereocenters. The number of hydrazine groups is 1. The number of benzene rings is 2. The average molecular weight is 362 g/mol. The van der Waals surface area contributed by atoms with E-state index >= 15 is 0 Å². The van der Waals surface area contributed by atoms with Crippen LogP contribution in [0.2, 0.25) is 5.02 Å². The predicted molar refractivity (Wildman–Crippen MR) is 79.3 cm³/mol. The highest BCUT2D eigenvalue weighted by molar-refractivity contribution is 9.10. The van der Waals surface area contributed by atoms with Crippen LogP contribution in [0.4, 0.5) is 8.78 Å². The molecule has 0 aliphatic rings. The standard InChI is InChI=1S/C14H12BrClF2N2/c15-10-5-6-12(17)9(14(10)18)7-13(20-19)8-3-1-2-4-11(8)16/h1-6,13,20H,7,19H2. The van der Waals surface area contributed by atoms with Gasteiger partial charge in [-0.3, -0.25) is 11.3 Å². The van der Waals surface area contributed by atoms with E-state index in [0.29, 0.717) is 10.6 Å². The smallest absolute Gasteiger partial charge is 0.143 e. The van der Waals surface area contributed by atoms with E-state index in [9.17, 15) is 8.78 Å². The predicted octanol–water partition coefficient (Wildman–Crippen LogP) is 4.13. The first-order valence-corrected chi connectivity index (χ1v) is 7.04. The van der Waals surface area contributed by atoms with Gasteiger partial charge in [0.25, 0.3) is 0 Å². The number of rotatable bonds is 4. The third-order valence-corrected chi connectivity index (χ3v) is 3.99. The second-order valence-corrected chi connectivity index (χ2v) is 5.53. The molecule has 0 fully saturated rings. The van der Waals surface area contributed by atoms with Crippen molar-refractivity contribution in [1.29, 1.82) is 0 Å². The molecule has 2 aromatic rings. The third-order valence-electron chi connectivity index (χ3n) is 3.03. The second kappa shape index (κ2) is 6.63. The molecule has 0 saturated carbocycles. The van der Waals surface area contributed by atoms with E-state index in [4.69, 9.17) is 17.4 Å². The lowest BCUT2D eigenvalue weighted by atomic mass is 9.98. The minimum absolute atomic E-state index is 0.0396. The molecular weight excluding hydrogens is 350 g/mol. The number of hydrogen-bond donors (Lipinski definition) is 2. The Balaban J connectivity index is 2.37. The van der Waals surface area contributed by atoms with Gasteiger partial charge in [0.05, 0.1) is 10.5 Å². The zero-order valence-electron chi connectivity index (χ0n) is 10.3. The van der Waals surface area contributed by atoms with Crippen LogP contribution in [0.5, 0.6) is 0 Å². The number of halogens is 4. The highest BCUT2D eigenvalue weighted by Crippen LogP contribution is 2.29. The summed E-state index contributed by atoms with van der Waals surface area (Å²) in [6.45, 7) is 0. The van der Waals surface area contributed by atoms with Crippen molar-refractivity contribution in [3.8, 4) is 0 Å². The van der Waals surface area contributed by atoms with E-state index < -0.39 is 17.7 Å². The van der Waals surface area contributed by atoms with E-state index in [2.05, 4.69) is 21.4 Å². The zero-order valence-corrected chi connectivity index (χ0v) is 12.7.